The first kappa shape index (κ1) is 13.3. The Labute approximate surface area is 98.3 Å². The number of nitrogens with two attached hydrogens (primary N) is 1. The number of rotatable bonds is 4. The summed E-state index contributed by atoms with van der Waals surface area (Å²) in [5.74, 6) is 0.0480. The first-order chi connectivity index (χ1) is 7.84. The lowest BCUT2D eigenvalue weighted by Gasteiger charge is -2.28. The standard InChI is InChI=1S/C10H18N4O3/c1-4-10(2,5-15)13-6-7(11)14(3)9(17)12-8(6)16/h13,15H,4-5,11H2,1-3H3,(H,12,16,17). The smallest absolute Gasteiger partial charge is 0.329 e. The van der Waals surface area contributed by atoms with Gasteiger partial charge in [0.15, 0.2) is 0 Å². The average Bonchev–Trinajstić information content (AvgIpc) is 2.32. The van der Waals surface area contributed by atoms with Crippen LogP contribution in [0.5, 0.6) is 0 Å². The Morgan fingerprint density at radius 3 is 2.59 bits per heavy atom. The Morgan fingerprint density at radius 2 is 2.12 bits per heavy atom. The number of aromatic nitrogens is 2. The van der Waals surface area contributed by atoms with E-state index in [9.17, 15) is 14.7 Å². The number of hydrogen-bond donors (Lipinski definition) is 4. The van der Waals surface area contributed by atoms with Crippen molar-refractivity contribution in [3.8, 4) is 0 Å². The zero-order valence-corrected chi connectivity index (χ0v) is 10.2. The molecule has 1 rings (SSSR count). The highest BCUT2D eigenvalue weighted by atomic mass is 16.3. The Kier molecular flexibility index (Phi) is 3.62. The molecule has 0 bridgehead atoms. The Morgan fingerprint density at radius 1 is 1.53 bits per heavy atom. The molecule has 5 N–H and O–H groups in total. The third-order valence-electron chi connectivity index (χ3n) is 2.93. The summed E-state index contributed by atoms with van der Waals surface area (Å²) in [6, 6.07) is 0. The van der Waals surface area contributed by atoms with Crippen LogP contribution >= 0.6 is 0 Å². The average molecular weight is 242 g/mol. The van der Waals surface area contributed by atoms with Gasteiger partial charge in [-0.25, -0.2) is 4.79 Å². The highest BCUT2D eigenvalue weighted by molar-refractivity contribution is 5.61. The van der Waals surface area contributed by atoms with E-state index in [2.05, 4.69) is 10.3 Å². The minimum Gasteiger partial charge on any atom is -0.394 e. The Hall–Kier alpha value is -1.76. The van der Waals surface area contributed by atoms with Crippen molar-refractivity contribution in [1.82, 2.24) is 9.55 Å². The molecule has 0 radical (unpaired) electrons. The molecule has 0 aromatic carbocycles. The van der Waals surface area contributed by atoms with Crippen LogP contribution in [0.25, 0.3) is 0 Å². The molecule has 17 heavy (non-hydrogen) atoms. The van der Waals surface area contributed by atoms with Crippen molar-refractivity contribution in [3.05, 3.63) is 20.8 Å². The van der Waals surface area contributed by atoms with Crippen LogP contribution in [-0.4, -0.2) is 26.8 Å². The third-order valence-corrected chi connectivity index (χ3v) is 2.93. The monoisotopic (exact) mass is 242 g/mol. The predicted molar refractivity (Wildman–Crippen MR) is 66.1 cm³/mol. The van der Waals surface area contributed by atoms with Gasteiger partial charge in [-0.3, -0.25) is 14.3 Å². The molecule has 0 amide bonds. The van der Waals surface area contributed by atoms with Gasteiger partial charge in [-0.1, -0.05) is 6.92 Å². The number of aromatic amines is 1. The van der Waals surface area contributed by atoms with E-state index in [4.69, 9.17) is 5.73 Å². The highest BCUT2D eigenvalue weighted by Crippen LogP contribution is 2.18. The number of H-pyrrole nitrogens is 1. The first-order valence-corrected chi connectivity index (χ1v) is 5.32. The van der Waals surface area contributed by atoms with Crippen molar-refractivity contribution in [2.45, 2.75) is 25.8 Å². The molecule has 0 aliphatic rings. The molecule has 7 heteroatoms. The van der Waals surface area contributed by atoms with Crippen molar-refractivity contribution >= 4 is 11.5 Å². The van der Waals surface area contributed by atoms with Crippen molar-refractivity contribution in [2.75, 3.05) is 17.7 Å². The normalized spacial score (nSPS) is 14.4. The topological polar surface area (TPSA) is 113 Å². The summed E-state index contributed by atoms with van der Waals surface area (Å²) in [5.41, 5.74) is 3.99. The largest absolute Gasteiger partial charge is 0.394 e. The second-order valence-corrected chi connectivity index (χ2v) is 4.28. The van der Waals surface area contributed by atoms with Gasteiger partial charge in [0.25, 0.3) is 5.56 Å². The van der Waals surface area contributed by atoms with Gasteiger partial charge in [-0.15, -0.1) is 0 Å². The van der Waals surface area contributed by atoms with Gasteiger partial charge in [0, 0.05) is 7.05 Å². The molecule has 7 nitrogen and oxygen atoms in total. The van der Waals surface area contributed by atoms with Gasteiger partial charge in [0.05, 0.1) is 12.1 Å². The van der Waals surface area contributed by atoms with Crippen molar-refractivity contribution < 1.29 is 5.11 Å². The molecule has 1 aromatic rings. The van der Waals surface area contributed by atoms with Crippen LogP contribution in [0.4, 0.5) is 11.5 Å². The number of hydrogen-bond acceptors (Lipinski definition) is 5. The van der Waals surface area contributed by atoms with Crippen LogP contribution in [0.2, 0.25) is 0 Å². The number of aliphatic hydroxyl groups excluding tert-OH is 1. The summed E-state index contributed by atoms with van der Waals surface area (Å²) >= 11 is 0. The summed E-state index contributed by atoms with van der Waals surface area (Å²) in [4.78, 5) is 25.0. The SMILES string of the molecule is CCC(C)(CO)Nc1c(N)n(C)c(=O)[nH]c1=O. The fraction of sp³-hybridized carbons (Fsp3) is 0.600. The van der Waals surface area contributed by atoms with E-state index in [-0.39, 0.29) is 18.1 Å². The molecule has 1 aromatic heterocycles. The quantitative estimate of drug-likeness (QED) is 0.553. The van der Waals surface area contributed by atoms with Gasteiger partial charge >= 0.3 is 5.69 Å². The number of nitrogen functional groups attached to an aromatic ring is 1. The lowest BCUT2D eigenvalue weighted by Crippen LogP contribution is -2.42. The highest BCUT2D eigenvalue weighted by Gasteiger charge is 2.23. The molecule has 0 saturated carbocycles. The molecule has 0 spiro atoms. The van der Waals surface area contributed by atoms with Gasteiger partial charge in [0.1, 0.15) is 11.5 Å². The van der Waals surface area contributed by atoms with E-state index in [1.807, 2.05) is 6.92 Å². The van der Waals surface area contributed by atoms with Crippen LogP contribution in [0.3, 0.4) is 0 Å². The molecule has 0 aliphatic heterocycles. The zero-order chi connectivity index (χ0) is 13.2. The van der Waals surface area contributed by atoms with E-state index in [1.54, 1.807) is 6.92 Å². The number of nitrogens with one attached hydrogen (secondary N) is 2. The fourth-order valence-electron chi connectivity index (χ4n) is 1.30. The van der Waals surface area contributed by atoms with Gasteiger partial charge in [0.2, 0.25) is 0 Å². The van der Waals surface area contributed by atoms with Crippen molar-refractivity contribution in [2.24, 2.45) is 7.05 Å². The second-order valence-electron chi connectivity index (χ2n) is 4.28. The summed E-state index contributed by atoms with van der Waals surface area (Å²) < 4.78 is 1.14. The predicted octanol–water partition coefficient (Wildman–Crippen LogP) is -0.771. The van der Waals surface area contributed by atoms with E-state index < -0.39 is 16.8 Å². The molecule has 1 heterocycles. The van der Waals surface area contributed by atoms with Crippen LogP contribution in [0.15, 0.2) is 9.59 Å². The number of nitrogens with zero attached hydrogens (tertiary/aromatic N) is 1. The molecular weight excluding hydrogens is 224 g/mol. The maximum atomic E-state index is 11.6. The van der Waals surface area contributed by atoms with Crippen LogP contribution in [0, 0.1) is 0 Å². The lowest BCUT2D eigenvalue weighted by atomic mass is 10.00. The first-order valence-electron chi connectivity index (χ1n) is 5.32. The molecular formula is C10H18N4O3. The van der Waals surface area contributed by atoms with Crippen LogP contribution < -0.4 is 22.3 Å². The van der Waals surface area contributed by atoms with E-state index in [0.717, 1.165) is 4.57 Å². The molecule has 1 unspecified atom stereocenters. The molecule has 1 atom stereocenters. The number of aliphatic hydroxyl groups is 1. The molecule has 96 valence electrons. The van der Waals surface area contributed by atoms with Gasteiger partial charge in [-0.2, -0.15) is 0 Å². The summed E-state index contributed by atoms with van der Waals surface area (Å²) in [6.45, 7) is 3.48. The summed E-state index contributed by atoms with van der Waals surface area (Å²) in [7, 11) is 1.46. The van der Waals surface area contributed by atoms with E-state index >= 15 is 0 Å². The maximum absolute atomic E-state index is 11.6. The van der Waals surface area contributed by atoms with Crippen molar-refractivity contribution in [1.29, 1.82) is 0 Å². The molecule has 0 aliphatic carbocycles. The maximum Gasteiger partial charge on any atom is 0.329 e. The van der Waals surface area contributed by atoms with Crippen molar-refractivity contribution in [3.63, 3.8) is 0 Å². The minimum atomic E-state index is -0.654. The minimum absolute atomic E-state index is 0.0480. The zero-order valence-electron chi connectivity index (χ0n) is 10.2. The molecule has 0 saturated heterocycles. The fourth-order valence-corrected chi connectivity index (χ4v) is 1.30. The lowest BCUT2D eigenvalue weighted by molar-refractivity contribution is 0.219. The van der Waals surface area contributed by atoms with E-state index in [0.29, 0.717) is 6.42 Å². The Bertz CT molecular complexity index is 513. The number of anilines is 2. The third kappa shape index (κ3) is 2.50. The summed E-state index contributed by atoms with van der Waals surface area (Å²) in [6.07, 6.45) is 0.602. The van der Waals surface area contributed by atoms with Crippen LogP contribution in [0.1, 0.15) is 20.3 Å². The Balaban J connectivity index is 3.29. The van der Waals surface area contributed by atoms with Crippen LogP contribution in [-0.2, 0) is 7.05 Å². The second kappa shape index (κ2) is 4.62. The van der Waals surface area contributed by atoms with Gasteiger partial charge < -0.3 is 16.2 Å². The summed E-state index contributed by atoms with van der Waals surface area (Å²) in [5, 5.41) is 12.1. The van der Waals surface area contributed by atoms with E-state index in [1.165, 1.54) is 7.05 Å². The molecule has 0 fully saturated rings. The van der Waals surface area contributed by atoms with Gasteiger partial charge in [-0.05, 0) is 13.3 Å².